The summed E-state index contributed by atoms with van der Waals surface area (Å²) in [6.45, 7) is 6.96. The minimum absolute atomic E-state index is 0.349. The monoisotopic (exact) mass is 305 g/mol. The van der Waals surface area contributed by atoms with Gasteiger partial charge in [0.1, 0.15) is 0 Å². The number of nitrogens with one attached hydrogen (secondary N) is 1. The lowest BCUT2D eigenvalue weighted by atomic mass is 9.86. The van der Waals surface area contributed by atoms with Crippen LogP contribution in [0, 0.1) is 17.8 Å². The fraction of sp³-hybridized carbons (Fsp3) is 1.00. The molecule has 0 bridgehead atoms. The van der Waals surface area contributed by atoms with E-state index < -0.39 is 9.84 Å². The van der Waals surface area contributed by atoms with Gasteiger partial charge in [-0.3, -0.25) is 0 Å². The number of sulfone groups is 1. The first-order valence-corrected chi connectivity index (χ1v) is 9.67. The van der Waals surface area contributed by atoms with Crippen LogP contribution >= 0.6 is 0 Å². The van der Waals surface area contributed by atoms with E-state index in [1.54, 1.807) is 7.11 Å². The number of hydrogen-bond donors (Lipinski definition) is 1. The Kier molecular flexibility index (Phi) is 8.07. The highest BCUT2D eigenvalue weighted by Crippen LogP contribution is 2.29. The summed E-state index contributed by atoms with van der Waals surface area (Å²) in [7, 11) is -1.07. The Morgan fingerprint density at radius 1 is 1.30 bits per heavy atom. The molecule has 0 radical (unpaired) electrons. The largest absolute Gasteiger partial charge is 0.383 e. The van der Waals surface area contributed by atoms with Crippen LogP contribution < -0.4 is 5.32 Å². The van der Waals surface area contributed by atoms with Gasteiger partial charge in [-0.15, -0.1) is 0 Å². The molecule has 0 aromatic carbocycles. The summed E-state index contributed by atoms with van der Waals surface area (Å²) in [4.78, 5) is 0. The molecule has 1 aliphatic heterocycles. The van der Waals surface area contributed by atoms with Crippen LogP contribution in [0.2, 0.25) is 0 Å². The molecule has 0 aliphatic carbocycles. The topological polar surface area (TPSA) is 55.4 Å². The van der Waals surface area contributed by atoms with Gasteiger partial charge in [-0.1, -0.05) is 26.7 Å². The first-order chi connectivity index (χ1) is 9.44. The van der Waals surface area contributed by atoms with Gasteiger partial charge in [0.05, 0.1) is 18.1 Å². The van der Waals surface area contributed by atoms with Crippen molar-refractivity contribution in [1.82, 2.24) is 5.32 Å². The first kappa shape index (κ1) is 17.9. The Morgan fingerprint density at radius 3 is 2.60 bits per heavy atom. The molecule has 0 saturated carbocycles. The zero-order chi connectivity index (χ0) is 15.0. The Morgan fingerprint density at radius 2 is 2.05 bits per heavy atom. The van der Waals surface area contributed by atoms with Gasteiger partial charge in [0, 0.05) is 13.7 Å². The minimum atomic E-state index is -2.77. The third kappa shape index (κ3) is 7.04. The molecule has 1 fully saturated rings. The van der Waals surface area contributed by atoms with E-state index in [0.717, 1.165) is 31.8 Å². The van der Waals surface area contributed by atoms with E-state index in [1.807, 2.05) is 0 Å². The fourth-order valence-electron chi connectivity index (χ4n) is 2.95. The van der Waals surface area contributed by atoms with E-state index in [2.05, 4.69) is 19.2 Å². The second-order valence-corrected chi connectivity index (χ2v) is 8.67. The lowest BCUT2D eigenvalue weighted by molar-refractivity contribution is 0.194. The van der Waals surface area contributed by atoms with E-state index in [9.17, 15) is 8.42 Å². The van der Waals surface area contributed by atoms with Crippen molar-refractivity contribution in [1.29, 1.82) is 0 Å². The normalized spacial score (nSPS) is 23.3. The smallest absolute Gasteiger partial charge is 0.150 e. The quantitative estimate of drug-likeness (QED) is 0.628. The second-order valence-electron chi connectivity index (χ2n) is 6.44. The lowest BCUT2D eigenvalue weighted by Crippen LogP contribution is -2.31. The molecule has 20 heavy (non-hydrogen) atoms. The average Bonchev–Trinajstić information content (AvgIpc) is 2.72. The maximum Gasteiger partial charge on any atom is 0.150 e. The number of rotatable bonds is 10. The van der Waals surface area contributed by atoms with Crippen molar-refractivity contribution in [3.05, 3.63) is 0 Å². The van der Waals surface area contributed by atoms with E-state index in [1.165, 1.54) is 12.8 Å². The van der Waals surface area contributed by atoms with E-state index in [4.69, 9.17) is 4.74 Å². The summed E-state index contributed by atoms with van der Waals surface area (Å²) in [6, 6.07) is 0. The summed E-state index contributed by atoms with van der Waals surface area (Å²) in [6.07, 6.45) is 4.41. The van der Waals surface area contributed by atoms with Gasteiger partial charge in [-0.2, -0.15) is 0 Å². The van der Waals surface area contributed by atoms with E-state index >= 15 is 0 Å². The Bertz CT molecular complexity index is 354. The molecule has 1 rings (SSSR count). The Hall–Kier alpha value is -0.130. The Labute approximate surface area is 124 Å². The van der Waals surface area contributed by atoms with Crippen molar-refractivity contribution in [3.63, 3.8) is 0 Å². The van der Waals surface area contributed by atoms with Crippen LogP contribution in [0.4, 0.5) is 0 Å². The molecule has 0 amide bonds. The summed E-state index contributed by atoms with van der Waals surface area (Å²) < 4.78 is 28.4. The van der Waals surface area contributed by atoms with E-state index in [-0.39, 0.29) is 0 Å². The molecular formula is C15H31NO3S. The predicted molar refractivity (Wildman–Crippen MR) is 83.7 cm³/mol. The molecule has 0 aromatic rings. The summed E-state index contributed by atoms with van der Waals surface area (Å²) >= 11 is 0. The molecular weight excluding hydrogens is 274 g/mol. The zero-order valence-electron chi connectivity index (χ0n) is 13.2. The van der Waals surface area contributed by atoms with Crippen molar-refractivity contribution in [2.24, 2.45) is 17.8 Å². The number of ether oxygens (including phenoxy) is 1. The predicted octanol–water partition coefficient (Wildman–Crippen LogP) is 2.10. The molecule has 1 aliphatic rings. The van der Waals surface area contributed by atoms with Gasteiger partial charge in [-0.05, 0) is 37.1 Å². The standard InChI is InChI=1S/C15H31NO3S/c1-13(2)5-4-6-14(11-16-8-9-19-3)15-7-10-20(17,18)12-15/h13-16H,4-12H2,1-3H3. The highest BCUT2D eigenvalue weighted by Gasteiger charge is 2.33. The molecule has 4 nitrogen and oxygen atoms in total. The van der Waals surface area contributed by atoms with Crippen molar-refractivity contribution >= 4 is 9.84 Å². The van der Waals surface area contributed by atoms with Crippen LogP contribution in [0.15, 0.2) is 0 Å². The highest BCUT2D eigenvalue weighted by atomic mass is 32.2. The van der Waals surface area contributed by atoms with Crippen molar-refractivity contribution in [2.45, 2.75) is 39.5 Å². The van der Waals surface area contributed by atoms with Crippen LogP contribution in [0.5, 0.6) is 0 Å². The lowest BCUT2D eigenvalue weighted by Gasteiger charge is -2.23. The molecule has 2 atom stereocenters. The fourth-order valence-corrected chi connectivity index (χ4v) is 4.87. The highest BCUT2D eigenvalue weighted by molar-refractivity contribution is 7.91. The van der Waals surface area contributed by atoms with Gasteiger partial charge in [-0.25, -0.2) is 8.42 Å². The van der Waals surface area contributed by atoms with Crippen molar-refractivity contribution in [3.8, 4) is 0 Å². The number of hydrogen-bond acceptors (Lipinski definition) is 4. The second kappa shape index (κ2) is 9.00. The van der Waals surface area contributed by atoms with Crippen LogP contribution in [0.3, 0.4) is 0 Å². The molecule has 1 heterocycles. The zero-order valence-corrected chi connectivity index (χ0v) is 14.0. The van der Waals surface area contributed by atoms with Crippen LogP contribution in [0.1, 0.15) is 39.5 Å². The van der Waals surface area contributed by atoms with Gasteiger partial charge >= 0.3 is 0 Å². The van der Waals surface area contributed by atoms with Gasteiger partial charge < -0.3 is 10.1 Å². The van der Waals surface area contributed by atoms with Crippen molar-refractivity contribution in [2.75, 3.05) is 38.3 Å². The van der Waals surface area contributed by atoms with Gasteiger partial charge in [0.15, 0.2) is 9.84 Å². The minimum Gasteiger partial charge on any atom is -0.383 e. The Balaban J connectivity index is 2.41. The van der Waals surface area contributed by atoms with E-state index in [0.29, 0.717) is 29.9 Å². The third-order valence-electron chi connectivity index (χ3n) is 4.18. The molecule has 0 spiro atoms. The SMILES string of the molecule is COCCNCC(CCCC(C)C)C1CCS(=O)(=O)C1. The molecule has 2 unspecified atom stereocenters. The van der Waals surface area contributed by atoms with Crippen molar-refractivity contribution < 1.29 is 13.2 Å². The third-order valence-corrected chi connectivity index (χ3v) is 5.97. The number of methoxy groups -OCH3 is 1. The maximum atomic E-state index is 11.7. The summed E-state index contributed by atoms with van der Waals surface area (Å²) in [5, 5.41) is 3.41. The molecule has 5 heteroatoms. The van der Waals surface area contributed by atoms with Gasteiger partial charge in [0.2, 0.25) is 0 Å². The van der Waals surface area contributed by atoms with Crippen LogP contribution in [0.25, 0.3) is 0 Å². The van der Waals surface area contributed by atoms with Crippen LogP contribution in [-0.2, 0) is 14.6 Å². The summed E-state index contributed by atoms with van der Waals surface area (Å²) in [5.74, 6) is 2.34. The maximum absolute atomic E-state index is 11.7. The molecule has 1 saturated heterocycles. The summed E-state index contributed by atoms with van der Waals surface area (Å²) in [5.41, 5.74) is 0. The molecule has 1 N–H and O–H groups in total. The molecule has 0 aromatic heterocycles. The van der Waals surface area contributed by atoms with Gasteiger partial charge in [0.25, 0.3) is 0 Å². The molecule has 120 valence electrons. The first-order valence-electron chi connectivity index (χ1n) is 7.84. The average molecular weight is 305 g/mol. The van der Waals surface area contributed by atoms with Crippen LogP contribution in [-0.4, -0.2) is 46.7 Å².